The molecule has 2 heterocycles. The smallest absolute Gasteiger partial charge is 0.296 e. The molecule has 7 heteroatoms. The second-order valence-corrected chi connectivity index (χ2v) is 7.22. The van der Waals surface area contributed by atoms with E-state index < -0.39 is 17.7 Å². The number of carbonyl (C=O) groups excluding carboxylic acids is 2. The average molecular weight is 424 g/mol. The Morgan fingerprint density at radius 3 is 2.40 bits per heavy atom. The van der Waals surface area contributed by atoms with Crippen LogP contribution in [-0.2, 0) is 16.1 Å². The summed E-state index contributed by atoms with van der Waals surface area (Å²) < 4.78 is 10.5. The van der Waals surface area contributed by atoms with Crippen LogP contribution in [0.3, 0.4) is 0 Å². The van der Waals surface area contributed by atoms with E-state index in [0.717, 1.165) is 0 Å². The van der Waals surface area contributed by atoms with Crippen LogP contribution in [0.2, 0.25) is 5.02 Å². The molecule has 6 nitrogen and oxygen atoms in total. The fourth-order valence-corrected chi connectivity index (χ4v) is 3.64. The molecular weight excluding hydrogens is 406 g/mol. The average Bonchev–Trinajstić information content (AvgIpc) is 3.36. The second-order valence-electron chi connectivity index (χ2n) is 6.79. The molecule has 0 bridgehead atoms. The van der Waals surface area contributed by atoms with Crippen molar-refractivity contribution in [3.63, 3.8) is 0 Å². The number of likely N-dealkylation sites (tertiary alicyclic amines) is 1. The van der Waals surface area contributed by atoms with Gasteiger partial charge in [-0.15, -0.1) is 0 Å². The normalized spacial score (nSPS) is 18.1. The van der Waals surface area contributed by atoms with Crippen LogP contribution in [0.25, 0.3) is 5.76 Å². The number of aliphatic hydroxyl groups excluding tert-OH is 1. The number of carbonyl (C=O) groups is 2. The van der Waals surface area contributed by atoms with Crippen molar-refractivity contribution in [3.8, 4) is 5.75 Å². The molecule has 152 valence electrons. The van der Waals surface area contributed by atoms with Crippen molar-refractivity contribution in [1.82, 2.24) is 4.90 Å². The molecule has 1 aromatic heterocycles. The molecule has 0 saturated carbocycles. The third-order valence-corrected chi connectivity index (χ3v) is 5.25. The van der Waals surface area contributed by atoms with Gasteiger partial charge >= 0.3 is 0 Å². The maximum Gasteiger partial charge on any atom is 0.296 e. The summed E-state index contributed by atoms with van der Waals surface area (Å²) in [6.07, 6.45) is 1.50. The lowest BCUT2D eigenvalue weighted by atomic mass is 9.95. The van der Waals surface area contributed by atoms with E-state index in [1.54, 1.807) is 60.7 Å². The number of hydrogen-bond acceptors (Lipinski definition) is 5. The molecule has 1 amide bonds. The van der Waals surface area contributed by atoms with Gasteiger partial charge in [-0.2, -0.15) is 0 Å². The highest BCUT2D eigenvalue weighted by atomic mass is 35.5. The third-order valence-electron chi connectivity index (χ3n) is 5.00. The number of benzene rings is 2. The number of halogens is 1. The fraction of sp³-hybridized carbons (Fsp3) is 0.130. The van der Waals surface area contributed by atoms with Crippen molar-refractivity contribution in [1.29, 1.82) is 0 Å². The first-order valence-electron chi connectivity index (χ1n) is 9.20. The lowest BCUT2D eigenvalue weighted by Gasteiger charge is -2.24. The van der Waals surface area contributed by atoms with Crippen molar-refractivity contribution in [2.24, 2.45) is 0 Å². The van der Waals surface area contributed by atoms with Crippen LogP contribution in [0.15, 0.2) is 76.9 Å². The number of amides is 1. The van der Waals surface area contributed by atoms with Gasteiger partial charge in [-0.25, -0.2) is 0 Å². The topological polar surface area (TPSA) is 80.0 Å². The van der Waals surface area contributed by atoms with Gasteiger partial charge in [-0.3, -0.25) is 9.59 Å². The SMILES string of the molecule is COc1ccc(/C(O)=C2/C(=O)C(=O)N(Cc3ccco3)C2c2ccc(Cl)cc2)cc1. The fourth-order valence-electron chi connectivity index (χ4n) is 3.51. The molecule has 3 aromatic rings. The Labute approximate surface area is 177 Å². The summed E-state index contributed by atoms with van der Waals surface area (Å²) >= 11 is 6.01. The first-order valence-corrected chi connectivity index (χ1v) is 9.58. The quantitative estimate of drug-likeness (QED) is 0.369. The monoisotopic (exact) mass is 423 g/mol. The summed E-state index contributed by atoms with van der Waals surface area (Å²) in [5, 5.41) is 11.5. The van der Waals surface area contributed by atoms with Gasteiger partial charge in [0.1, 0.15) is 17.3 Å². The van der Waals surface area contributed by atoms with Crippen LogP contribution < -0.4 is 4.74 Å². The Kier molecular flexibility index (Phi) is 5.33. The first kappa shape index (κ1) is 19.8. The van der Waals surface area contributed by atoms with Crippen LogP contribution in [0.5, 0.6) is 5.75 Å². The van der Waals surface area contributed by atoms with Crippen molar-refractivity contribution in [2.75, 3.05) is 7.11 Å². The van der Waals surface area contributed by atoms with E-state index in [1.165, 1.54) is 18.3 Å². The summed E-state index contributed by atoms with van der Waals surface area (Å²) in [5.41, 5.74) is 1.07. The van der Waals surface area contributed by atoms with E-state index in [1.807, 2.05) is 0 Å². The minimum absolute atomic E-state index is 0.0130. The molecule has 1 aliphatic rings. The molecule has 4 rings (SSSR count). The van der Waals surface area contributed by atoms with E-state index in [0.29, 0.717) is 27.7 Å². The molecule has 2 aromatic carbocycles. The van der Waals surface area contributed by atoms with E-state index in [9.17, 15) is 14.7 Å². The number of aliphatic hydroxyl groups is 1. The lowest BCUT2D eigenvalue weighted by molar-refractivity contribution is -0.140. The molecule has 0 spiro atoms. The highest BCUT2D eigenvalue weighted by molar-refractivity contribution is 6.46. The molecule has 1 atom stereocenters. The number of ketones is 1. The Bertz CT molecular complexity index is 1100. The Hall–Kier alpha value is -3.51. The van der Waals surface area contributed by atoms with E-state index >= 15 is 0 Å². The van der Waals surface area contributed by atoms with Gasteiger partial charge in [0.05, 0.1) is 31.5 Å². The Morgan fingerprint density at radius 2 is 1.80 bits per heavy atom. The molecule has 0 radical (unpaired) electrons. The minimum atomic E-state index is -0.783. The van der Waals surface area contributed by atoms with Gasteiger partial charge in [-0.05, 0) is 54.1 Å². The van der Waals surface area contributed by atoms with E-state index in [4.69, 9.17) is 20.8 Å². The number of methoxy groups -OCH3 is 1. The third kappa shape index (κ3) is 3.57. The maximum absolute atomic E-state index is 12.9. The lowest BCUT2D eigenvalue weighted by Crippen LogP contribution is -2.29. The molecule has 30 heavy (non-hydrogen) atoms. The zero-order chi connectivity index (χ0) is 21.3. The summed E-state index contributed by atoms with van der Waals surface area (Å²) in [5.74, 6) is -0.575. The van der Waals surface area contributed by atoms with Crippen LogP contribution >= 0.6 is 11.6 Å². The van der Waals surface area contributed by atoms with Gasteiger partial charge in [0.25, 0.3) is 11.7 Å². The molecule has 0 aliphatic carbocycles. The summed E-state index contributed by atoms with van der Waals surface area (Å²) in [6.45, 7) is 0.0876. The largest absolute Gasteiger partial charge is 0.507 e. The first-order chi connectivity index (χ1) is 14.5. The zero-order valence-electron chi connectivity index (χ0n) is 16.0. The summed E-state index contributed by atoms with van der Waals surface area (Å²) in [4.78, 5) is 27.2. The van der Waals surface area contributed by atoms with Crippen LogP contribution in [-0.4, -0.2) is 28.8 Å². The summed E-state index contributed by atoms with van der Waals surface area (Å²) in [6, 6.07) is 16.1. The number of Topliss-reactive ketones (excluding diaryl/α,β-unsaturated/α-hetero) is 1. The maximum atomic E-state index is 12.9. The number of hydrogen-bond donors (Lipinski definition) is 1. The number of furan rings is 1. The molecule has 1 unspecified atom stereocenters. The Morgan fingerprint density at radius 1 is 1.10 bits per heavy atom. The molecule has 1 N–H and O–H groups in total. The van der Waals surface area contributed by atoms with Gasteiger partial charge in [0, 0.05) is 10.6 Å². The predicted molar refractivity (Wildman–Crippen MR) is 111 cm³/mol. The van der Waals surface area contributed by atoms with Crippen molar-refractivity contribution >= 4 is 29.1 Å². The number of rotatable bonds is 5. The summed E-state index contributed by atoms with van der Waals surface area (Å²) in [7, 11) is 1.54. The van der Waals surface area contributed by atoms with E-state index in [-0.39, 0.29) is 17.9 Å². The van der Waals surface area contributed by atoms with Crippen molar-refractivity contribution < 1.29 is 23.8 Å². The van der Waals surface area contributed by atoms with E-state index in [2.05, 4.69) is 0 Å². The number of nitrogens with zero attached hydrogens (tertiary/aromatic N) is 1. The van der Waals surface area contributed by atoms with Gasteiger partial charge < -0.3 is 19.2 Å². The minimum Gasteiger partial charge on any atom is -0.507 e. The molecule has 1 saturated heterocycles. The highest BCUT2D eigenvalue weighted by Gasteiger charge is 2.46. The zero-order valence-corrected chi connectivity index (χ0v) is 16.8. The predicted octanol–water partition coefficient (Wildman–Crippen LogP) is 4.56. The van der Waals surface area contributed by atoms with Gasteiger partial charge in [0.2, 0.25) is 0 Å². The Balaban J connectivity index is 1.84. The second kappa shape index (κ2) is 8.08. The van der Waals surface area contributed by atoms with Crippen molar-refractivity contribution in [2.45, 2.75) is 12.6 Å². The number of ether oxygens (including phenoxy) is 1. The highest BCUT2D eigenvalue weighted by Crippen LogP contribution is 2.40. The van der Waals surface area contributed by atoms with Crippen LogP contribution in [0.4, 0.5) is 0 Å². The standard InChI is InChI=1S/C23H18ClNO5/c1-29-17-10-6-15(7-11-17)21(26)19-20(14-4-8-16(24)9-5-14)25(23(28)22(19)27)13-18-3-2-12-30-18/h2-12,20,26H,13H2,1H3/b21-19-. The molecule has 1 aliphatic heterocycles. The van der Waals surface area contributed by atoms with Gasteiger partial charge in [-0.1, -0.05) is 23.7 Å². The van der Waals surface area contributed by atoms with Crippen LogP contribution in [0.1, 0.15) is 22.9 Å². The van der Waals surface area contributed by atoms with Crippen molar-refractivity contribution in [3.05, 3.63) is 94.4 Å². The molecular formula is C23H18ClNO5. The molecule has 1 fully saturated rings. The van der Waals surface area contributed by atoms with Gasteiger partial charge in [0.15, 0.2) is 0 Å². The van der Waals surface area contributed by atoms with Crippen LogP contribution in [0, 0.1) is 0 Å².